The van der Waals surface area contributed by atoms with Gasteiger partial charge in [-0.25, -0.2) is 4.98 Å². The highest BCUT2D eigenvalue weighted by molar-refractivity contribution is 5.42. The highest BCUT2D eigenvalue weighted by Gasteiger charge is 2.33. The van der Waals surface area contributed by atoms with E-state index in [4.69, 9.17) is 5.73 Å². The Kier molecular flexibility index (Phi) is 3.29. The molecule has 18 heavy (non-hydrogen) atoms. The number of likely N-dealkylation sites (tertiary alicyclic amines) is 1. The van der Waals surface area contributed by atoms with Crippen LogP contribution < -0.4 is 11.1 Å². The van der Waals surface area contributed by atoms with Crippen molar-refractivity contribution in [3.8, 4) is 0 Å². The molecule has 1 aromatic rings. The number of nitrogens with zero attached hydrogens (tertiary/aromatic N) is 3. The fraction of sp³-hybridized carbons (Fsp3) is 0.600. The van der Waals surface area contributed by atoms with E-state index >= 15 is 0 Å². The fourth-order valence-electron chi connectivity index (χ4n) is 1.95. The molecule has 1 fully saturated rings. The Bertz CT molecular complexity index is 434. The van der Waals surface area contributed by atoms with Crippen LogP contribution >= 0.6 is 0 Å². The second kappa shape index (κ2) is 4.60. The van der Waals surface area contributed by atoms with E-state index in [0.29, 0.717) is 0 Å². The zero-order valence-electron chi connectivity index (χ0n) is 9.83. The third-order valence-electron chi connectivity index (χ3n) is 2.78. The summed E-state index contributed by atoms with van der Waals surface area (Å²) in [7, 11) is 1.96. The maximum Gasteiger partial charge on any atom is 0.433 e. The first-order valence-corrected chi connectivity index (χ1v) is 5.51. The van der Waals surface area contributed by atoms with Gasteiger partial charge in [-0.2, -0.15) is 18.2 Å². The molecular formula is C10H14F3N5. The normalized spacial score (nSPS) is 21.2. The first kappa shape index (κ1) is 12.9. The predicted octanol–water partition coefficient (Wildman–Crippen LogP) is 1.19. The number of nitrogens with two attached hydrogens (primary N) is 1. The maximum absolute atomic E-state index is 12.5. The van der Waals surface area contributed by atoms with E-state index < -0.39 is 11.9 Å². The standard InChI is InChI=1S/C10H14F3N5/c1-18-3-2-6(5-18)15-8-4-7(10(11,12)13)16-9(14)17-8/h4,6H,2-3,5H2,1H3,(H3,14,15,16,17). The van der Waals surface area contributed by atoms with Gasteiger partial charge < -0.3 is 16.0 Å². The third-order valence-corrected chi connectivity index (χ3v) is 2.78. The molecule has 0 spiro atoms. The van der Waals surface area contributed by atoms with Crippen molar-refractivity contribution in [3.63, 3.8) is 0 Å². The van der Waals surface area contributed by atoms with Gasteiger partial charge >= 0.3 is 6.18 Å². The number of aromatic nitrogens is 2. The molecule has 2 heterocycles. The number of halogens is 3. The summed E-state index contributed by atoms with van der Waals surface area (Å²) in [4.78, 5) is 9.05. The number of anilines is 2. The molecule has 5 nitrogen and oxygen atoms in total. The minimum Gasteiger partial charge on any atom is -0.368 e. The average Bonchev–Trinajstić information content (AvgIpc) is 2.61. The van der Waals surface area contributed by atoms with Gasteiger partial charge in [0.05, 0.1) is 0 Å². The second-order valence-corrected chi connectivity index (χ2v) is 4.39. The Balaban J connectivity index is 2.15. The van der Waals surface area contributed by atoms with Crippen molar-refractivity contribution >= 4 is 11.8 Å². The van der Waals surface area contributed by atoms with Crippen LogP contribution in [0, 0.1) is 0 Å². The minimum atomic E-state index is -4.51. The molecule has 0 aliphatic carbocycles. The molecule has 1 aliphatic rings. The molecule has 1 unspecified atom stereocenters. The van der Waals surface area contributed by atoms with E-state index in [1.54, 1.807) is 0 Å². The molecule has 1 aromatic heterocycles. The van der Waals surface area contributed by atoms with Crippen molar-refractivity contribution < 1.29 is 13.2 Å². The van der Waals surface area contributed by atoms with Gasteiger partial charge in [-0.15, -0.1) is 0 Å². The summed E-state index contributed by atoms with van der Waals surface area (Å²) in [5.41, 5.74) is 4.26. The number of rotatable bonds is 2. The van der Waals surface area contributed by atoms with Gasteiger partial charge in [0, 0.05) is 18.7 Å². The first-order chi connectivity index (χ1) is 8.34. The Hall–Kier alpha value is -1.57. The van der Waals surface area contributed by atoms with Gasteiger partial charge in [-0.05, 0) is 20.0 Å². The van der Waals surface area contributed by atoms with E-state index in [1.165, 1.54) is 0 Å². The number of nitrogen functional groups attached to an aromatic ring is 1. The van der Waals surface area contributed by atoms with Gasteiger partial charge in [-0.1, -0.05) is 0 Å². The molecule has 1 atom stereocenters. The van der Waals surface area contributed by atoms with E-state index in [2.05, 4.69) is 20.2 Å². The lowest BCUT2D eigenvalue weighted by molar-refractivity contribution is -0.141. The van der Waals surface area contributed by atoms with Gasteiger partial charge in [-0.3, -0.25) is 0 Å². The molecule has 100 valence electrons. The highest BCUT2D eigenvalue weighted by Crippen LogP contribution is 2.29. The van der Waals surface area contributed by atoms with Crippen LogP contribution in [0.4, 0.5) is 24.9 Å². The van der Waals surface area contributed by atoms with E-state index in [-0.39, 0.29) is 17.8 Å². The first-order valence-electron chi connectivity index (χ1n) is 5.51. The van der Waals surface area contributed by atoms with Crippen molar-refractivity contribution in [2.45, 2.75) is 18.6 Å². The quantitative estimate of drug-likeness (QED) is 0.837. The van der Waals surface area contributed by atoms with Gasteiger partial charge in [0.15, 0.2) is 5.69 Å². The van der Waals surface area contributed by atoms with Crippen LogP contribution in [-0.2, 0) is 6.18 Å². The van der Waals surface area contributed by atoms with E-state index in [9.17, 15) is 13.2 Å². The molecule has 0 aromatic carbocycles. The lowest BCUT2D eigenvalue weighted by Gasteiger charge is -2.15. The Morgan fingerprint density at radius 1 is 1.44 bits per heavy atom. The maximum atomic E-state index is 12.5. The third kappa shape index (κ3) is 3.00. The lowest BCUT2D eigenvalue weighted by Crippen LogP contribution is -2.24. The highest BCUT2D eigenvalue weighted by atomic mass is 19.4. The molecule has 0 radical (unpaired) electrons. The molecule has 0 saturated carbocycles. The average molecular weight is 261 g/mol. The molecular weight excluding hydrogens is 247 g/mol. The molecule has 1 aliphatic heterocycles. The number of hydrogen-bond donors (Lipinski definition) is 2. The smallest absolute Gasteiger partial charge is 0.368 e. The molecule has 2 rings (SSSR count). The zero-order chi connectivity index (χ0) is 13.3. The van der Waals surface area contributed by atoms with Crippen LogP contribution in [0.5, 0.6) is 0 Å². The van der Waals surface area contributed by atoms with Crippen molar-refractivity contribution in [2.24, 2.45) is 0 Å². The van der Waals surface area contributed by atoms with Crippen molar-refractivity contribution in [1.82, 2.24) is 14.9 Å². The SMILES string of the molecule is CN1CCC(Nc2cc(C(F)(F)F)nc(N)n2)C1. The van der Waals surface area contributed by atoms with Gasteiger partial charge in [0.25, 0.3) is 0 Å². The number of hydrogen-bond acceptors (Lipinski definition) is 5. The summed E-state index contributed by atoms with van der Waals surface area (Å²) in [6.45, 7) is 1.68. The second-order valence-electron chi connectivity index (χ2n) is 4.39. The number of likely N-dealkylation sites (N-methyl/N-ethyl adjacent to an activating group) is 1. The summed E-state index contributed by atoms with van der Waals surface area (Å²) in [6, 6.07) is 0.972. The monoisotopic (exact) mass is 261 g/mol. The molecule has 0 amide bonds. The van der Waals surface area contributed by atoms with Crippen molar-refractivity contribution in [1.29, 1.82) is 0 Å². The zero-order valence-corrected chi connectivity index (χ0v) is 9.83. The summed E-state index contributed by atoms with van der Waals surface area (Å²) in [6.07, 6.45) is -3.65. The van der Waals surface area contributed by atoms with E-state index in [0.717, 1.165) is 25.6 Å². The molecule has 0 bridgehead atoms. The molecule has 1 saturated heterocycles. The van der Waals surface area contributed by atoms with Crippen LogP contribution in [0.3, 0.4) is 0 Å². The predicted molar refractivity (Wildman–Crippen MR) is 61.0 cm³/mol. The van der Waals surface area contributed by atoms with Crippen molar-refractivity contribution in [3.05, 3.63) is 11.8 Å². The summed E-state index contributed by atoms with van der Waals surface area (Å²) >= 11 is 0. The topological polar surface area (TPSA) is 67.1 Å². The van der Waals surface area contributed by atoms with E-state index in [1.807, 2.05) is 7.05 Å². The Morgan fingerprint density at radius 3 is 2.72 bits per heavy atom. The minimum absolute atomic E-state index is 0.0883. The number of nitrogens with one attached hydrogen (secondary N) is 1. The van der Waals surface area contributed by atoms with Crippen LogP contribution in [0.2, 0.25) is 0 Å². The van der Waals surface area contributed by atoms with Crippen LogP contribution in [0.15, 0.2) is 6.07 Å². The van der Waals surface area contributed by atoms with Gasteiger partial charge in [0.2, 0.25) is 5.95 Å². The fourth-order valence-corrected chi connectivity index (χ4v) is 1.95. The molecule has 8 heteroatoms. The lowest BCUT2D eigenvalue weighted by atomic mass is 10.2. The Labute approximate surface area is 102 Å². The van der Waals surface area contributed by atoms with Crippen LogP contribution in [0.1, 0.15) is 12.1 Å². The molecule has 3 N–H and O–H groups in total. The Morgan fingerprint density at radius 2 is 2.17 bits per heavy atom. The largest absolute Gasteiger partial charge is 0.433 e. The van der Waals surface area contributed by atoms with Crippen LogP contribution in [0.25, 0.3) is 0 Å². The van der Waals surface area contributed by atoms with Crippen LogP contribution in [-0.4, -0.2) is 41.0 Å². The summed E-state index contributed by atoms with van der Waals surface area (Å²) < 4.78 is 37.6. The summed E-state index contributed by atoms with van der Waals surface area (Å²) in [5, 5.41) is 2.95. The summed E-state index contributed by atoms with van der Waals surface area (Å²) in [5.74, 6) is -0.256. The van der Waals surface area contributed by atoms with Crippen molar-refractivity contribution in [2.75, 3.05) is 31.2 Å². The number of alkyl halides is 3. The van der Waals surface area contributed by atoms with Gasteiger partial charge in [0.1, 0.15) is 5.82 Å².